The second-order valence-corrected chi connectivity index (χ2v) is 17.7. The Morgan fingerprint density at radius 1 is 0.943 bits per heavy atom. The fraction of sp³-hybridized carbons (Fsp3) is 0.463. The van der Waals surface area contributed by atoms with E-state index in [4.69, 9.17) is 23.5 Å². The number of hydrogen-bond donors (Lipinski definition) is 1. The molecule has 3 fully saturated rings. The molecule has 2 heterocycles. The highest BCUT2D eigenvalue weighted by atomic mass is 31.2. The second kappa shape index (κ2) is 14.6. The van der Waals surface area contributed by atoms with Gasteiger partial charge in [0.1, 0.15) is 24.5 Å². The molecule has 5 unspecified atom stereocenters. The molecule has 279 valence electrons. The Morgan fingerprint density at radius 3 is 2.06 bits per heavy atom. The van der Waals surface area contributed by atoms with E-state index in [0.717, 1.165) is 29.5 Å². The van der Waals surface area contributed by atoms with Crippen molar-refractivity contribution < 1.29 is 28.0 Å². The summed E-state index contributed by atoms with van der Waals surface area (Å²) in [6.07, 6.45) is 1.05. The lowest BCUT2D eigenvalue weighted by molar-refractivity contribution is -0.335. The van der Waals surface area contributed by atoms with E-state index in [-0.39, 0.29) is 17.2 Å². The number of benzene rings is 3. The van der Waals surface area contributed by atoms with Gasteiger partial charge in [0.2, 0.25) is 0 Å². The molecular weight excluding hydrogens is 690 g/mol. The standard InChI is InChI=1S/C41H49BN2O8P/c1-27-22-23-33-39(3,4)40(33,25-27)42-52-53(6,47)51-32-24-34(44-26-28(2)37(45)43-38(44)46)49-35(32)36(50-48-5)41(29-16-10-7-11-17-29,30-18-12-8-13-19-30)31-20-14-9-15-21-31/h7-21,26-27,32-36H,22-25H2,1-6H3,(H,43,45,46)/t27?,32-,33?,34+,35-,36?,40?,53?/m0/s1. The van der Waals surface area contributed by atoms with Crippen molar-refractivity contribution >= 4 is 15.1 Å². The summed E-state index contributed by atoms with van der Waals surface area (Å²) < 4.78 is 35.6. The van der Waals surface area contributed by atoms with Gasteiger partial charge in [0.05, 0.1) is 12.5 Å². The molecular formula is C41H49BN2O8P. The smallest absolute Gasteiger partial charge is 0.330 e. The van der Waals surface area contributed by atoms with Crippen LogP contribution in [-0.2, 0) is 33.5 Å². The summed E-state index contributed by atoms with van der Waals surface area (Å²) in [6, 6.07) is 29.9. The number of aromatic amines is 1. The number of ether oxygens (including phenoxy) is 1. The predicted octanol–water partition coefficient (Wildman–Crippen LogP) is 7.59. The van der Waals surface area contributed by atoms with Crippen LogP contribution in [0.5, 0.6) is 0 Å². The van der Waals surface area contributed by atoms with Crippen LogP contribution in [0, 0.1) is 24.2 Å². The van der Waals surface area contributed by atoms with E-state index >= 15 is 0 Å². The summed E-state index contributed by atoms with van der Waals surface area (Å²) >= 11 is 0. The van der Waals surface area contributed by atoms with Gasteiger partial charge in [-0.3, -0.25) is 18.9 Å². The highest BCUT2D eigenvalue weighted by Gasteiger charge is 2.72. The number of rotatable bonds is 13. The van der Waals surface area contributed by atoms with Crippen LogP contribution in [0.2, 0.25) is 5.31 Å². The monoisotopic (exact) mass is 739 g/mol. The molecule has 1 N–H and O–H groups in total. The third kappa shape index (κ3) is 6.74. The Morgan fingerprint density at radius 2 is 1.51 bits per heavy atom. The molecule has 4 aromatic rings. The van der Waals surface area contributed by atoms with E-state index in [2.05, 4.69) is 25.8 Å². The summed E-state index contributed by atoms with van der Waals surface area (Å²) in [7, 11) is -0.543. The number of aromatic nitrogens is 2. The molecule has 7 rings (SSSR count). The predicted molar refractivity (Wildman–Crippen MR) is 204 cm³/mol. The summed E-state index contributed by atoms with van der Waals surface area (Å²) in [5, 5.41) is -0.181. The van der Waals surface area contributed by atoms with Crippen molar-refractivity contribution in [3.05, 3.63) is 140 Å². The van der Waals surface area contributed by atoms with Crippen molar-refractivity contribution in [1.82, 2.24) is 9.55 Å². The average molecular weight is 740 g/mol. The molecule has 1 aromatic heterocycles. The lowest BCUT2D eigenvalue weighted by atomic mass is 9.63. The molecule has 12 heteroatoms. The fourth-order valence-electron chi connectivity index (χ4n) is 9.48. The molecule has 1 saturated heterocycles. The van der Waals surface area contributed by atoms with Crippen molar-refractivity contribution in [1.29, 1.82) is 0 Å². The molecule has 8 atom stereocenters. The van der Waals surface area contributed by atoms with E-state index in [1.54, 1.807) is 14.4 Å². The minimum absolute atomic E-state index is 0.0309. The Bertz CT molecular complexity index is 1960. The van der Waals surface area contributed by atoms with Crippen LogP contribution in [0.1, 0.15) is 74.9 Å². The van der Waals surface area contributed by atoms with Gasteiger partial charge >= 0.3 is 20.8 Å². The molecule has 2 aliphatic carbocycles. The third-order valence-corrected chi connectivity index (χ3v) is 13.4. The molecule has 3 aliphatic rings. The maximum absolute atomic E-state index is 14.5. The van der Waals surface area contributed by atoms with Crippen LogP contribution in [0.15, 0.2) is 107 Å². The summed E-state index contributed by atoms with van der Waals surface area (Å²) in [4.78, 5) is 40.0. The number of aryl methyl sites for hydroxylation is 1. The Kier molecular flexibility index (Phi) is 10.4. The van der Waals surface area contributed by atoms with E-state index in [1.807, 2.05) is 91.0 Å². The molecule has 0 amide bonds. The largest absolute Gasteiger partial charge is 0.375 e. The number of hydrogen-bond acceptors (Lipinski definition) is 8. The first-order valence-electron chi connectivity index (χ1n) is 18.5. The second-order valence-electron chi connectivity index (χ2n) is 15.7. The normalized spacial score (nSPS) is 28.1. The molecule has 53 heavy (non-hydrogen) atoms. The van der Waals surface area contributed by atoms with E-state index < -0.39 is 48.8 Å². The number of nitrogens with one attached hydrogen (secondary N) is 1. The molecule has 1 radical (unpaired) electrons. The lowest BCUT2D eigenvalue weighted by Crippen LogP contribution is -2.53. The summed E-state index contributed by atoms with van der Waals surface area (Å²) in [5.74, 6) is 0.989. The number of fused-ring (bicyclic) bond motifs is 1. The van der Waals surface area contributed by atoms with Crippen molar-refractivity contribution in [2.45, 2.75) is 88.6 Å². The van der Waals surface area contributed by atoms with Gasteiger partial charge in [0.15, 0.2) is 0 Å². The molecule has 1 aliphatic heterocycles. The zero-order chi connectivity index (χ0) is 37.6. The van der Waals surface area contributed by atoms with Gasteiger partial charge in [-0.05, 0) is 59.0 Å². The molecule has 2 saturated carbocycles. The number of H-pyrrole nitrogens is 1. The lowest BCUT2D eigenvalue weighted by Gasteiger charge is -2.44. The van der Waals surface area contributed by atoms with Gasteiger partial charge in [0.25, 0.3) is 5.56 Å². The zero-order valence-corrected chi connectivity index (χ0v) is 32.2. The van der Waals surface area contributed by atoms with Gasteiger partial charge in [-0.15, -0.1) is 0 Å². The first kappa shape index (κ1) is 37.7. The van der Waals surface area contributed by atoms with Gasteiger partial charge in [-0.2, -0.15) is 0 Å². The van der Waals surface area contributed by atoms with Crippen molar-refractivity contribution in [2.75, 3.05) is 13.8 Å². The van der Waals surface area contributed by atoms with Gasteiger partial charge in [-0.1, -0.05) is 118 Å². The van der Waals surface area contributed by atoms with E-state index in [9.17, 15) is 14.2 Å². The maximum Gasteiger partial charge on any atom is 0.330 e. The Hall–Kier alpha value is -3.57. The molecule has 10 nitrogen and oxygen atoms in total. The van der Waals surface area contributed by atoms with Crippen molar-refractivity contribution in [3.8, 4) is 0 Å². The average Bonchev–Trinajstić information content (AvgIpc) is 3.38. The first-order valence-corrected chi connectivity index (χ1v) is 20.5. The summed E-state index contributed by atoms with van der Waals surface area (Å²) in [6.45, 7) is 9.89. The molecule has 3 aromatic carbocycles. The SMILES string of the molecule is COOC([C@H]1O[C@@H](n2cc(C)c(=O)[nH]c2=O)C[C@@H]1OP(C)(=O)O[B]C12CC(C)CCC1C2(C)C)C(c1ccccc1)(c1ccccc1)c1ccccc1. The molecule has 0 bridgehead atoms. The minimum atomic E-state index is -3.79. The van der Waals surface area contributed by atoms with Crippen LogP contribution in [0.4, 0.5) is 0 Å². The fourth-order valence-corrected chi connectivity index (χ4v) is 10.6. The van der Waals surface area contributed by atoms with Crippen LogP contribution < -0.4 is 11.2 Å². The molecule has 0 spiro atoms. The van der Waals surface area contributed by atoms with Gasteiger partial charge < -0.3 is 13.7 Å². The van der Waals surface area contributed by atoms with Crippen LogP contribution in [0.25, 0.3) is 0 Å². The third-order valence-electron chi connectivity index (χ3n) is 12.2. The van der Waals surface area contributed by atoms with Crippen molar-refractivity contribution in [3.63, 3.8) is 0 Å². The van der Waals surface area contributed by atoms with Gasteiger partial charge in [0, 0.05) is 24.8 Å². The Balaban J connectivity index is 1.34. The van der Waals surface area contributed by atoms with Crippen LogP contribution in [0.3, 0.4) is 0 Å². The van der Waals surface area contributed by atoms with Crippen molar-refractivity contribution in [2.24, 2.45) is 17.3 Å². The van der Waals surface area contributed by atoms with E-state index in [0.29, 0.717) is 17.4 Å². The van der Waals surface area contributed by atoms with Crippen LogP contribution in [-0.4, -0.2) is 49.1 Å². The highest BCUT2D eigenvalue weighted by Crippen LogP contribution is 2.81. The quantitative estimate of drug-likeness (QED) is 0.0490. The highest BCUT2D eigenvalue weighted by molar-refractivity contribution is 7.54. The topological polar surface area (TPSA) is 118 Å². The minimum Gasteiger partial charge on any atom is -0.375 e. The maximum atomic E-state index is 14.5. The van der Waals surface area contributed by atoms with Crippen LogP contribution >= 0.6 is 7.60 Å². The Labute approximate surface area is 311 Å². The van der Waals surface area contributed by atoms with E-state index in [1.165, 1.54) is 31.0 Å². The summed E-state index contributed by atoms with van der Waals surface area (Å²) in [5.41, 5.74) is 0.852. The zero-order valence-electron chi connectivity index (χ0n) is 31.3. The number of nitrogens with zero attached hydrogens (tertiary/aromatic N) is 1. The first-order chi connectivity index (χ1) is 25.3. The van der Waals surface area contributed by atoms with Gasteiger partial charge in [-0.25, -0.2) is 14.6 Å².